The van der Waals surface area contributed by atoms with Gasteiger partial charge in [-0.25, -0.2) is 9.48 Å². The van der Waals surface area contributed by atoms with E-state index in [1.165, 1.54) is 10.9 Å². The maximum Gasteiger partial charge on any atom is 0.360 e. The fourth-order valence-corrected chi connectivity index (χ4v) is 2.36. The first kappa shape index (κ1) is 23.7. The second kappa shape index (κ2) is 12.2. The summed E-state index contributed by atoms with van der Waals surface area (Å²) in [6, 6.07) is 6.69. The molecule has 1 aromatic heterocycles. The Morgan fingerprint density at radius 2 is 1.57 bits per heavy atom. The zero-order chi connectivity index (χ0) is 21.1. The summed E-state index contributed by atoms with van der Waals surface area (Å²) in [5, 5.41) is 38.7. The number of aromatic nitrogens is 2. The number of carboxylic acid groups (broad SMARTS) is 1. The number of aliphatic hydroxyl groups is 3. The van der Waals surface area contributed by atoms with Gasteiger partial charge in [-0.3, -0.25) is 9.69 Å². The molecule has 0 radical (unpaired) electrons. The number of benzene rings is 1. The van der Waals surface area contributed by atoms with Crippen LogP contribution in [0.25, 0.3) is 5.69 Å². The Kier molecular flexibility index (Phi) is 10.4. The third kappa shape index (κ3) is 7.37. The molecule has 0 aliphatic carbocycles. The normalized spacial score (nSPS) is 10.5. The molecule has 1 heterocycles. The first-order valence-electron chi connectivity index (χ1n) is 8.48. The van der Waals surface area contributed by atoms with Crippen LogP contribution in [0.15, 0.2) is 35.3 Å². The molecule has 0 aliphatic heterocycles. The van der Waals surface area contributed by atoms with E-state index in [-0.39, 0.29) is 19.8 Å². The Morgan fingerprint density at radius 1 is 1.07 bits per heavy atom. The number of nitrogens with zero attached hydrogens (tertiary/aromatic N) is 3. The number of hydrogen-bond donors (Lipinski definition) is 4. The lowest BCUT2D eigenvalue weighted by Gasteiger charge is -2.17. The molecule has 10 heteroatoms. The molecule has 0 fully saturated rings. The van der Waals surface area contributed by atoms with Crippen molar-refractivity contribution in [1.82, 2.24) is 14.7 Å². The first-order chi connectivity index (χ1) is 13.3. The van der Waals surface area contributed by atoms with Crippen molar-refractivity contribution < 1.29 is 25.2 Å². The molecule has 9 nitrogen and oxygen atoms in total. The fourth-order valence-electron chi connectivity index (χ4n) is 2.24. The molecule has 1 aromatic carbocycles. The van der Waals surface area contributed by atoms with Crippen LogP contribution in [-0.2, 0) is 0 Å². The molecule has 0 bridgehead atoms. The number of aryl methyl sites for hydroxylation is 1. The standard InChI is InChI=1S/C12H9ClN2O3.C6H15NO3/c1-7-6-15(9-4-2-8(13)3-5-9)14-10(11(7)16)12(17)18;8-4-1-7(2-5-9)3-6-10/h2-6H,1H3,(H,17,18);8-10H,1-6H2. The van der Waals surface area contributed by atoms with Crippen LogP contribution in [0.1, 0.15) is 16.1 Å². The lowest BCUT2D eigenvalue weighted by atomic mass is 10.2. The highest BCUT2D eigenvalue weighted by molar-refractivity contribution is 6.30. The quantitative estimate of drug-likeness (QED) is 0.480. The maximum absolute atomic E-state index is 11.6. The van der Waals surface area contributed by atoms with Gasteiger partial charge in [0, 0.05) is 36.4 Å². The van der Waals surface area contributed by atoms with E-state index in [0.29, 0.717) is 35.9 Å². The minimum Gasteiger partial charge on any atom is -0.476 e. The highest BCUT2D eigenvalue weighted by Gasteiger charge is 2.14. The van der Waals surface area contributed by atoms with Gasteiger partial charge in [0.05, 0.1) is 25.5 Å². The van der Waals surface area contributed by atoms with Crippen molar-refractivity contribution in [2.24, 2.45) is 0 Å². The van der Waals surface area contributed by atoms with Gasteiger partial charge in [0.2, 0.25) is 11.1 Å². The monoisotopic (exact) mass is 413 g/mol. The molecule has 0 aliphatic rings. The molecule has 0 saturated heterocycles. The fraction of sp³-hybridized carbons (Fsp3) is 0.389. The van der Waals surface area contributed by atoms with Crippen molar-refractivity contribution in [2.75, 3.05) is 39.5 Å². The summed E-state index contributed by atoms with van der Waals surface area (Å²) in [6.07, 6.45) is 1.48. The maximum atomic E-state index is 11.6. The van der Waals surface area contributed by atoms with Crippen LogP contribution in [0, 0.1) is 6.92 Å². The number of halogens is 1. The van der Waals surface area contributed by atoms with E-state index >= 15 is 0 Å². The van der Waals surface area contributed by atoms with Gasteiger partial charge in [-0.1, -0.05) is 11.6 Å². The zero-order valence-corrected chi connectivity index (χ0v) is 16.2. The summed E-state index contributed by atoms with van der Waals surface area (Å²) in [5.41, 5.74) is -0.125. The van der Waals surface area contributed by atoms with Gasteiger partial charge in [0.15, 0.2) is 0 Å². The van der Waals surface area contributed by atoms with Crippen molar-refractivity contribution in [3.8, 4) is 5.69 Å². The van der Waals surface area contributed by atoms with Crippen molar-refractivity contribution in [2.45, 2.75) is 6.92 Å². The van der Waals surface area contributed by atoms with E-state index < -0.39 is 17.1 Å². The molecule has 2 aromatic rings. The highest BCUT2D eigenvalue weighted by atomic mass is 35.5. The number of carbonyl (C=O) groups is 1. The summed E-state index contributed by atoms with van der Waals surface area (Å²) in [7, 11) is 0. The summed E-state index contributed by atoms with van der Waals surface area (Å²) in [4.78, 5) is 24.3. The van der Waals surface area contributed by atoms with Crippen LogP contribution in [0.5, 0.6) is 0 Å². The van der Waals surface area contributed by atoms with Gasteiger partial charge in [0.25, 0.3) is 0 Å². The van der Waals surface area contributed by atoms with Crippen molar-refractivity contribution in [3.63, 3.8) is 0 Å². The third-order valence-electron chi connectivity index (χ3n) is 3.64. The number of aromatic carboxylic acids is 1. The number of carboxylic acids is 1. The van der Waals surface area contributed by atoms with E-state index in [4.69, 9.17) is 32.0 Å². The van der Waals surface area contributed by atoms with Crippen molar-refractivity contribution in [1.29, 1.82) is 0 Å². The molecule has 0 unspecified atom stereocenters. The zero-order valence-electron chi connectivity index (χ0n) is 15.5. The van der Waals surface area contributed by atoms with Crippen LogP contribution in [-0.4, -0.2) is 80.5 Å². The SMILES string of the molecule is Cc1cn(-c2ccc(Cl)cc2)nc(C(=O)O)c1=O.OCCN(CCO)CCO. The topological polar surface area (TPSA) is 136 Å². The van der Waals surface area contributed by atoms with E-state index in [1.807, 2.05) is 0 Å². The number of aliphatic hydroxyl groups excluding tert-OH is 3. The molecular weight excluding hydrogens is 390 g/mol. The average molecular weight is 414 g/mol. The van der Waals surface area contributed by atoms with E-state index in [0.717, 1.165) is 0 Å². The van der Waals surface area contributed by atoms with Crippen molar-refractivity contribution in [3.05, 3.63) is 57.0 Å². The molecule has 0 spiro atoms. The average Bonchev–Trinajstić information content (AvgIpc) is 2.65. The molecule has 154 valence electrons. The van der Waals surface area contributed by atoms with E-state index in [2.05, 4.69) is 5.10 Å². The second-order valence-electron chi connectivity index (χ2n) is 5.73. The van der Waals surface area contributed by atoms with E-state index in [9.17, 15) is 9.59 Å². The minimum atomic E-state index is -1.34. The summed E-state index contributed by atoms with van der Waals surface area (Å²) in [5.74, 6) is -1.34. The number of hydrogen-bond acceptors (Lipinski definition) is 7. The lowest BCUT2D eigenvalue weighted by molar-refractivity contribution is 0.0686. The minimum absolute atomic E-state index is 0.0694. The van der Waals surface area contributed by atoms with Crippen LogP contribution < -0.4 is 5.43 Å². The summed E-state index contributed by atoms with van der Waals surface area (Å²) in [6.45, 7) is 3.30. The summed E-state index contributed by atoms with van der Waals surface area (Å²) < 4.78 is 1.34. The second-order valence-corrected chi connectivity index (χ2v) is 6.16. The molecule has 0 atom stereocenters. The summed E-state index contributed by atoms with van der Waals surface area (Å²) >= 11 is 5.76. The molecule has 0 saturated carbocycles. The Hall–Kier alpha value is -2.30. The molecule has 28 heavy (non-hydrogen) atoms. The Bertz CT molecular complexity index is 796. The Balaban J connectivity index is 0.000000336. The first-order valence-corrected chi connectivity index (χ1v) is 8.86. The largest absolute Gasteiger partial charge is 0.476 e. The van der Waals surface area contributed by atoms with E-state index in [1.54, 1.807) is 36.1 Å². The van der Waals surface area contributed by atoms with Gasteiger partial charge < -0.3 is 20.4 Å². The third-order valence-corrected chi connectivity index (χ3v) is 3.89. The molecular formula is C18H24ClN3O6. The van der Waals surface area contributed by atoms with Gasteiger partial charge in [0.1, 0.15) is 0 Å². The van der Waals surface area contributed by atoms with Crippen molar-refractivity contribution >= 4 is 17.6 Å². The van der Waals surface area contributed by atoms with Crippen LogP contribution in [0.4, 0.5) is 0 Å². The smallest absolute Gasteiger partial charge is 0.360 e. The Labute approximate surface area is 167 Å². The van der Waals surface area contributed by atoms with Crippen LogP contribution in [0.2, 0.25) is 5.02 Å². The van der Waals surface area contributed by atoms with Gasteiger partial charge in [-0.15, -0.1) is 0 Å². The molecule has 4 N–H and O–H groups in total. The van der Waals surface area contributed by atoms with Gasteiger partial charge >= 0.3 is 5.97 Å². The molecule has 0 amide bonds. The van der Waals surface area contributed by atoms with Gasteiger partial charge in [-0.05, 0) is 31.2 Å². The molecule has 2 rings (SSSR count). The lowest BCUT2D eigenvalue weighted by Crippen LogP contribution is -2.32. The van der Waals surface area contributed by atoms with Gasteiger partial charge in [-0.2, -0.15) is 5.10 Å². The van der Waals surface area contributed by atoms with Crippen LogP contribution in [0.3, 0.4) is 0 Å². The number of rotatable bonds is 8. The highest BCUT2D eigenvalue weighted by Crippen LogP contribution is 2.12. The predicted molar refractivity (Wildman–Crippen MR) is 104 cm³/mol. The Morgan fingerprint density at radius 3 is 2.00 bits per heavy atom. The predicted octanol–water partition coefficient (Wildman–Crippen LogP) is 0.158. The van der Waals surface area contributed by atoms with Crippen LogP contribution >= 0.6 is 11.6 Å².